The van der Waals surface area contributed by atoms with Crippen LogP contribution in [0.15, 0.2) is 0 Å². The molecule has 0 amide bonds. The highest BCUT2D eigenvalue weighted by atomic mass is 32.2. The molecule has 0 unspecified atom stereocenters. The molecule has 0 bridgehead atoms. The van der Waals surface area contributed by atoms with Crippen LogP contribution in [0.25, 0.3) is 0 Å². The molecule has 1 N–H and O–H groups in total. The zero-order valence-electron chi connectivity index (χ0n) is 13.1. The largest absolute Gasteiger partial charge is 0.381 e. The van der Waals surface area contributed by atoms with E-state index < -0.39 is 10.2 Å². The van der Waals surface area contributed by atoms with Crippen LogP contribution in [-0.4, -0.2) is 58.8 Å². The minimum absolute atomic E-state index is 0.329. The van der Waals surface area contributed by atoms with Gasteiger partial charge < -0.3 is 9.47 Å². The van der Waals surface area contributed by atoms with Crippen molar-refractivity contribution in [3.05, 3.63) is 0 Å². The Bertz CT molecular complexity index is 399. The predicted molar refractivity (Wildman–Crippen MR) is 81.2 cm³/mol. The summed E-state index contributed by atoms with van der Waals surface area (Å²) in [5.41, 5.74) is 0. The first-order valence-electron chi connectivity index (χ1n) is 7.87. The molecule has 2 aliphatic heterocycles. The molecule has 0 spiro atoms. The van der Waals surface area contributed by atoms with E-state index in [0.29, 0.717) is 50.6 Å². The van der Waals surface area contributed by atoms with Crippen molar-refractivity contribution in [2.45, 2.75) is 26.7 Å². The van der Waals surface area contributed by atoms with Gasteiger partial charge in [-0.05, 0) is 24.7 Å². The number of hydrogen-bond acceptors (Lipinski definition) is 4. The first-order valence-corrected chi connectivity index (χ1v) is 9.31. The Morgan fingerprint density at radius 2 is 2.00 bits per heavy atom. The average Bonchev–Trinajstić information content (AvgIpc) is 2.90. The molecule has 0 aromatic carbocycles. The van der Waals surface area contributed by atoms with Crippen LogP contribution in [0, 0.1) is 17.8 Å². The van der Waals surface area contributed by atoms with Gasteiger partial charge in [-0.15, -0.1) is 0 Å². The lowest BCUT2D eigenvalue weighted by molar-refractivity contribution is 0.0931. The molecule has 3 atom stereocenters. The van der Waals surface area contributed by atoms with Crippen molar-refractivity contribution >= 4 is 10.2 Å². The fourth-order valence-electron chi connectivity index (χ4n) is 3.10. The molecule has 0 aromatic rings. The summed E-state index contributed by atoms with van der Waals surface area (Å²) in [5, 5.41) is 0. The van der Waals surface area contributed by atoms with Gasteiger partial charge in [0, 0.05) is 32.2 Å². The van der Waals surface area contributed by atoms with Crippen LogP contribution in [0.1, 0.15) is 26.7 Å². The highest BCUT2D eigenvalue weighted by Gasteiger charge is 2.29. The van der Waals surface area contributed by atoms with Gasteiger partial charge in [-0.1, -0.05) is 13.8 Å². The zero-order valence-corrected chi connectivity index (χ0v) is 13.9. The van der Waals surface area contributed by atoms with Gasteiger partial charge in [0.05, 0.1) is 19.8 Å². The smallest absolute Gasteiger partial charge is 0.279 e. The summed E-state index contributed by atoms with van der Waals surface area (Å²) in [6.07, 6.45) is 2.13. The lowest BCUT2D eigenvalue weighted by Gasteiger charge is -2.33. The van der Waals surface area contributed by atoms with Crippen molar-refractivity contribution in [2.75, 3.05) is 46.1 Å². The van der Waals surface area contributed by atoms with Crippen molar-refractivity contribution in [3.8, 4) is 0 Å². The molecule has 6 nitrogen and oxygen atoms in total. The molecule has 2 saturated heterocycles. The molecule has 0 saturated carbocycles. The number of rotatable bonds is 7. The van der Waals surface area contributed by atoms with Gasteiger partial charge in [0.1, 0.15) is 0 Å². The van der Waals surface area contributed by atoms with Gasteiger partial charge in [0.25, 0.3) is 10.2 Å². The Morgan fingerprint density at radius 1 is 1.29 bits per heavy atom. The summed E-state index contributed by atoms with van der Waals surface area (Å²) >= 11 is 0. The molecule has 2 heterocycles. The van der Waals surface area contributed by atoms with Crippen LogP contribution in [0.5, 0.6) is 0 Å². The highest BCUT2D eigenvalue weighted by molar-refractivity contribution is 7.87. The number of piperidine rings is 1. The van der Waals surface area contributed by atoms with Crippen molar-refractivity contribution in [3.63, 3.8) is 0 Å². The molecular weight excluding hydrogens is 292 g/mol. The van der Waals surface area contributed by atoms with E-state index in [1.165, 1.54) is 0 Å². The van der Waals surface area contributed by atoms with E-state index in [0.717, 1.165) is 26.1 Å². The fraction of sp³-hybridized carbons (Fsp3) is 1.00. The van der Waals surface area contributed by atoms with E-state index in [1.807, 2.05) is 0 Å². The standard InChI is InChI=1S/C14H28N2O4S/c1-12-7-13(2)9-16(8-12)21(17,18)15-4-6-20-11-14-3-5-19-10-14/h12-15H,3-11H2,1-2H3/t12-,13-,14-/m1/s1. The van der Waals surface area contributed by atoms with Crippen molar-refractivity contribution in [1.82, 2.24) is 9.03 Å². The maximum atomic E-state index is 12.2. The topological polar surface area (TPSA) is 67.9 Å². The fourth-order valence-corrected chi connectivity index (χ4v) is 4.53. The minimum Gasteiger partial charge on any atom is -0.381 e. The molecule has 2 fully saturated rings. The summed E-state index contributed by atoms with van der Waals surface area (Å²) in [7, 11) is -3.37. The second kappa shape index (κ2) is 7.87. The van der Waals surface area contributed by atoms with E-state index in [2.05, 4.69) is 18.6 Å². The normalized spacial score (nSPS) is 31.6. The van der Waals surface area contributed by atoms with Gasteiger partial charge in [-0.3, -0.25) is 0 Å². The molecule has 2 aliphatic rings. The van der Waals surface area contributed by atoms with E-state index in [1.54, 1.807) is 4.31 Å². The molecule has 0 aliphatic carbocycles. The summed E-state index contributed by atoms with van der Waals surface area (Å²) in [6, 6.07) is 0. The first-order chi connectivity index (χ1) is 9.97. The van der Waals surface area contributed by atoms with E-state index >= 15 is 0 Å². The molecular formula is C14H28N2O4S. The molecule has 0 radical (unpaired) electrons. The lowest BCUT2D eigenvalue weighted by atomic mass is 9.94. The number of ether oxygens (including phenoxy) is 2. The van der Waals surface area contributed by atoms with Crippen molar-refractivity contribution in [1.29, 1.82) is 0 Å². The van der Waals surface area contributed by atoms with Crippen molar-refractivity contribution < 1.29 is 17.9 Å². The van der Waals surface area contributed by atoms with Crippen LogP contribution in [0.4, 0.5) is 0 Å². The van der Waals surface area contributed by atoms with Gasteiger partial charge in [0.2, 0.25) is 0 Å². The van der Waals surface area contributed by atoms with E-state index in [9.17, 15) is 8.42 Å². The summed E-state index contributed by atoms with van der Waals surface area (Å²) < 4.78 is 39.5. The second-order valence-electron chi connectivity index (χ2n) is 6.47. The summed E-state index contributed by atoms with van der Waals surface area (Å²) in [5.74, 6) is 1.30. The number of hydrogen-bond donors (Lipinski definition) is 1. The predicted octanol–water partition coefficient (Wildman–Crippen LogP) is 0.852. The monoisotopic (exact) mass is 320 g/mol. The van der Waals surface area contributed by atoms with Gasteiger partial charge in [-0.25, -0.2) is 0 Å². The van der Waals surface area contributed by atoms with Gasteiger partial charge in [-0.2, -0.15) is 17.4 Å². The Labute approximate surface area is 128 Å². The Morgan fingerprint density at radius 3 is 2.62 bits per heavy atom. The molecule has 2 rings (SSSR count). The van der Waals surface area contributed by atoms with E-state index in [4.69, 9.17) is 9.47 Å². The Hall–Kier alpha value is -0.210. The molecule has 7 heteroatoms. The maximum Gasteiger partial charge on any atom is 0.279 e. The second-order valence-corrected chi connectivity index (χ2v) is 8.22. The number of nitrogens with one attached hydrogen (secondary N) is 1. The lowest BCUT2D eigenvalue weighted by Crippen LogP contribution is -2.48. The van der Waals surface area contributed by atoms with Crippen molar-refractivity contribution in [2.24, 2.45) is 17.8 Å². The minimum atomic E-state index is -3.37. The van der Waals surface area contributed by atoms with Crippen LogP contribution in [-0.2, 0) is 19.7 Å². The number of nitrogens with zero attached hydrogens (tertiary/aromatic N) is 1. The third-order valence-electron chi connectivity index (χ3n) is 4.08. The maximum absolute atomic E-state index is 12.2. The molecule has 0 aromatic heterocycles. The van der Waals surface area contributed by atoms with Crippen LogP contribution < -0.4 is 4.72 Å². The SMILES string of the molecule is C[C@@H]1C[C@@H](C)CN(S(=O)(=O)NCCOC[C@@H]2CCOC2)C1. The molecule has 124 valence electrons. The van der Waals surface area contributed by atoms with Crippen LogP contribution in [0.2, 0.25) is 0 Å². The third kappa shape index (κ3) is 5.49. The van der Waals surface area contributed by atoms with Crippen LogP contribution >= 0.6 is 0 Å². The van der Waals surface area contributed by atoms with Gasteiger partial charge in [0.15, 0.2) is 0 Å². The highest BCUT2D eigenvalue weighted by Crippen LogP contribution is 2.22. The zero-order chi connectivity index (χ0) is 15.3. The summed E-state index contributed by atoms with van der Waals surface area (Å²) in [4.78, 5) is 0. The van der Waals surface area contributed by atoms with Crippen LogP contribution in [0.3, 0.4) is 0 Å². The molecule has 21 heavy (non-hydrogen) atoms. The Balaban J connectivity index is 1.66. The average molecular weight is 320 g/mol. The first kappa shape index (κ1) is 17.1. The quantitative estimate of drug-likeness (QED) is 0.706. The van der Waals surface area contributed by atoms with E-state index in [-0.39, 0.29) is 0 Å². The Kier molecular flexibility index (Phi) is 6.43. The van der Waals surface area contributed by atoms with Gasteiger partial charge >= 0.3 is 0 Å². The third-order valence-corrected chi connectivity index (χ3v) is 5.63. The summed E-state index contributed by atoms with van der Waals surface area (Å²) in [6.45, 7) is 8.39.